The lowest BCUT2D eigenvalue weighted by molar-refractivity contribution is -0.118. The summed E-state index contributed by atoms with van der Waals surface area (Å²) in [4.78, 5) is 23.0. The average molecular weight is 365 g/mol. The molecule has 1 amide bonds. The first-order valence-electron chi connectivity index (χ1n) is 7.12. The molecule has 1 aromatic heterocycles. The maximum absolute atomic E-state index is 12.0. The summed E-state index contributed by atoms with van der Waals surface area (Å²) < 4.78 is 1.16. The van der Waals surface area contributed by atoms with Crippen LogP contribution in [0.1, 0.15) is 15.9 Å². The van der Waals surface area contributed by atoms with E-state index in [1.165, 1.54) is 18.5 Å². The van der Waals surface area contributed by atoms with Gasteiger partial charge in [-0.3, -0.25) is 4.79 Å². The van der Waals surface area contributed by atoms with Crippen molar-refractivity contribution in [2.75, 3.05) is 11.6 Å². The van der Waals surface area contributed by atoms with E-state index < -0.39 is 24.9 Å². The van der Waals surface area contributed by atoms with Gasteiger partial charge in [0.05, 0.1) is 17.3 Å². The van der Waals surface area contributed by atoms with Crippen LogP contribution < -0.4 is 11.2 Å². The van der Waals surface area contributed by atoms with Crippen LogP contribution in [0.4, 0.5) is 0 Å². The molecule has 2 rings (SSSR count). The van der Waals surface area contributed by atoms with Crippen LogP contribution in [0.2, 0.25) is 0 Å². The predicted molar refractivity (Wildman–Crippen MR) is 90.1 cm³/mol. The van der Waals surface area contributed by atoms with Gasteiger partial charge in [0.2, 0.25) is 11.1 Å². The van der Waals surface area contributed by atoms with E-state index in [9.17, 15) is 19.6 Å². The molecular weight excluding hydrogens is 349 g/mol. The number of carbonyl (C=O) groups is 2. The highest BCUT2D eigenvalue weighted by Crippen LogP contribution is 2.12. The minimum Gasteiger partial charge on any atom is -0.478 e. The normalized spacial score (nSPS) is 11.8. The fourth-order valence-corrected chi connectivity index (χ4v) is 2.67. The Morgan fingerprint density at radius 1 is 1.40 bits per heavy atom. The third kappa shape index (κ3) is 5.48. The number of carboxylic acids is 1. The van der Waals surface area contributed by atoms with E-state index in [1.54, 1.807) is 12.1 Å². The largest absolute Gasteiger partial charge is 0.478 e. The number of aromatic nitrogens is 3. The fourth-order valence-electron chi connectivity index (χ4n) is 2.03. The van der Waals surface area contributed by atoms with Crippen LogP contribution in [0.15, 0.2) is 35.7 Å². The van der Waals surface area contributed by atoms with Crippen molar-refractivity contribution in [1.82, 2.24) is 20.2 Å². The molecular formula is C13H16BN5O5S. The molecule has 0 saturated heterocycles. The summed E-state index contributed by atoms with van der Waals surface area (Å²) in [6.07, 6.45) is 1.35. The van der Waals surface area contributed by atoms with Crippen LogP contribution >= 0.6 is 11.8 Å². The minimum atomic E-state index is -1.81. The van der Waals surface area contributed by atoms with Gasteiger partial charge in [-0.1, -0.05) is 23.9 Å². The molecule has 0 aliphatic heterocycles. The zero-order valence-electron chi connectivity index (χ0n) is 12.9. The third-order valence-electron chi connectivity index (χ3n) is 3.21. The number of nitrogen functional groups attached to an aromatic ring is 1. The Labute approximate surface area is 147 Å². The second-order valence-corrected chi connectivity index (χ2v) is 6.05. The molecule has 132 valence electrons. The van der Waals surface area contributed by atoms with Crippen molar-refractivity contribution >= 4 is 30.8 Å². The van der Waals surface area contributed by atoms with Crippen molar-refractivity contribution in [3.8, 4) is 0 Å². The summed E-state index contributed by atoms with van der Waals surface area (Å²) in [7, 11) is -1.81. The number of thioether (sulfide) groups is 1. The second kappa shape index (κ2) is 8.51. The number of carboxylic acid groups (broad SMARTS) is 1. The third-order valence-corrected chi connectivity index (χ3v) is 4.17. The van der Waals surface area contributed by atoms with Gasteiger partial charge in [0, 0.05) is 0 Å². The van der Waals surface area contributed by atoms with Crippen LogP contribution in [0, 0.1) is 0 Å². The van der Waals surface area contributed by atoms with Crippen molar-refractivity contribution in [2.24, 2.45) is 0 Å². The molecule has 0 bridgehead atoms. The summed E-state index contributed by atoms with van der Waals surface area (Å²) in [5.41, 5.74) is 0.625. The summed E-state index contributed by atoms with van der Waals surface area (Å²) in [5, 5.41) is 38.0. The van der Waals surface area contributed by atoms with Gasteiger partial charge in [0.1, 0.15) is 6.33 Å². The number of nitrogens with two attached hydrogens (primary N) is 1. The number of amides is 1. The molecule has 1 atom stereocenters. The van der Waals surface area contributed by atoms with Gasteiger partial charge in [-0.15, -0.1) is 10.2 Å². The highest BCUT2D eigenvalue weighted by atomic mass is 32.2. The van der Waals surface area contributed by atoms with Gasteiger partial charge in [-0.25, -0.2) is 9.47 Å². The lowest BCUT2D eigenvalue weighted by Crippen LogP contribution is -2.48. The Morgan fingerprint density at radius 3 is 2.76 bits per heavy atom. The zero-order valence-corrected chi connectivity index (χ0v) is 13.8. The summed E-state index contributed by atoms with van der Waals surface area (Å²) in [5.74, 6) is 2.94. The van der Waals surface area contributed by atoms with Crippen LogP contribution in [0.5, 0.6) is 0 Å². The molecule has 0 saturated carbocycles. The molecule has 0 radical (unpaired) electrons. The lowest BCUT2D eigenvalue weighted by atomic mass is 9.76. The second-order valence-electron chi connectivity index (χ2n) is 5.11. The number of nitrogens with zero attached hydrogens (tertiary/aromatic N) is 3. The number of benzene rings is 1. The predicted octanol–water partition coefficient (Wildman–Crippen LogP) is -1.48. The molecule has 1 unspecified atom stereocenters. The van der Waals surface area contributed by atoms with Gasteiger partial charge in [0.25, 0.3) is 0 Å². The molecule has 10 nitrogen and oxygen atoms in total. The molecule has 6 N–H and O–H groups in total. The van der Waals surface area contributed by atoms with Gasteiger partial charge in [-0.2, -0.15) is 0 Å². The minimum absolute atomic E-state index is 0.0473. The highest BCUT2D eigenvalue weighted by Gasteiger charge is 2.26. The highest BCUT2D eigenvalue weighted by molar-refractivity contribution is 7.99. The molecule has 0 spiro atoms. The van der Waals surface area contributed by atoms with E-state index in [-0.39, 0.29) is 17.7 Å². The van der Waals surface area contributed by atoms with E-state index in [1.807, 2.05) is 0 Å². The van der Waals surface area contributed by atoms with Crippen molar-refractivity contribution in [3.05, 3.63) is 41.7 Å². The molecule has 1 aromatic carbocycles. The number of carbonyl (C=O) groups excluding carboxylic acids is 1. The molecule has 1 heterocycles. The molecule has 0 aliphatic rings. The standard InChI is InChI=1S/C13H16BN5O5S/c15-19-7-16-18-13(19)25-6-11(20)17-10(14(23)24)5-8-2-1-3-9(4-8)12(21)22/h1-4,7,10,23-24H,5-6,15H2,(H,17,20)(H,21,22). The van der Waals surface area contributed by atoms with Crippen molar-refractivity contribution in [1.29, 1.82) is 0 Å². The first kappa shape index (κ1) is 18.8. The maximum Gasteiger partial charge on any atom is 0.475 e. The molecule has 12 heteroatoms. The average Bonchev–Trinajstić information content (AvgIpc) is 2.97. The Kier molecular flexibility index (Phi) is 6.39. The molecule has 2 aromatic rings. The first-order chi connectivity index (χ1) is 11.9. The van der Waals surface area contributed by atoms with Gasteiger partial charge < -0.3 is 26.3 Å². The van der Waals surface area contributed by atoms with E-state index >= 15 is 0 Å². The summed E-state index contributed by atoms with van der Waals surface area (Å²) in [6.45, 7) is 0. The number of hydrogen-bond acceptors (Lipinski definition) is 8. The van der Waals surface area contributed by atoms with E-state index in [2.05, 4.69) is 15.5 Å². The summed E-state index contributed by atoms with van der Waals surface area (Å²) >= 11 is 1.04. The van der Waals surface area contributed by atoms with E-state index in [0.29, 0.717) is 10.7 Å². The summed E-state index contributed by atoms with van der Waals surface area (Å²) in [6, 6.07) is 6.02. The monoisotopic (exact) mass is 365 g/mol. The zero-order chi connectivity index (χ0) is 18.4. The van der Waals surface area contributed by atoms with Gasteiger partial charge >= 0.3 is 13.1 Å². The van der Waals surface area contributed by atoms with Gasteiger partial charge in [-0.05, 0) is 24.1 Å². The number of rotatable bonds is 8. The van der Waals surface area contributed by atoms with Crippen molar-refractivity contribution < 1.29 is 24.7 Å². The van der Waals surface area contributed by atoms with E-state index in [0.717, 1.165) is 16.4 Å². The fraction of sp³-hybridized carbons (Fsp3) is 0.231. The number of nitrogens with one attached hydrogen (secondary N) is 1. The maximum atomic E-state index is 12.0. The SMILES string of the molecule is Nn1cnnc1SCC(=O)NC(Cc1cccc(C(=O)O)c1)B(O)O. The van der Waals surface area contributed by atoms with Crippen LogP contribution in [-0.4, -0.2) is 60.7 Å². The van der Waals surface area contributed by atoms with Crippen LogP contribution in [0.25, 0.3) is 0 Å². The molecule has 0 fully saturated rings. The van der Waals surface area contributed by atoms with Crippen LogP contribution in [0.3, 0.4) is 0 Å². The van der Waals surface area contributed by atoms with Crippen molar-refractivity contribution in [3.63, 3.8) is 0 Å². The molecule has 25 heavy (non-hydrogen) atoms. The number of aromatic carboxylic acids is 1. The number of hydrogen-bond donors (Lipinski definition) is 5. The van der Waals surface area contributed by atoms with Crippen LogP contribution in [-0.2, 0) is 11.2 Å². The smallest absolute Gasteiger partial charge is 0.475 e. The van der Waals surface area contributed by atoms with Gasteiger partial charge in [0.15, 0.2) is 0 Å². The van der Waals surface area contributed by atoms with Crippen molar-refractivity contribution in [2.45, 2.75) is 17.5 Å². The Bertz CT molecular complexity index is 756. The molecule has 0 aliphatic carbocycles. The quantitative estimate of drug-likeness (QED) is 0.213. The Balaban J connectivity index is 1.96. The topological polar surface area (TPSA) is 164 Å². The van der Waals surface area contributed by atoms with E-state index in [4.69, 9.17) is 10.9 Å². The Hall–Kier alpha value is -2.57. The lowest BCUT2D eigenvalue weighted by Gasteiger charge is -2.18. The Morgan fingerprint density at radius 2 is 2.16 bits per heavy atom. The first-order valence-corrected chi connectivity index (χ1v) is 8.11.